The van der Waals surface area contributed by atoms with Crippen LogP contribution in [0.2, 0.25) is 0 Å². The van der Waals surface area contributed by atoms with E-state index >= 15 is 0 Å². The molecule has 8 nitrogen and oxygen atoms in total. The van der Waals surface area contributed by atoms with E-state index in [-0.39, 0.29) is 18.1 Å². The first-order valence-corrected chi connectivity index (χ1v) is 11.1. The van der Waals surface area contributed by atoms with Gasteiger partial charge in [0.2, 0.25) is 5.91 Å². The topological polar surface area (TPSA) is 87.4 Å². The zero-order valence-electron chi connectivity index (χ0n) is 18.1. The van der Waals surface area contributed by atoms with Crippen molar-refractivity contribution in [3.63, 3.8) is 0 Å². The molecule has 0 atom stereocenters. The van der Waals surface area contributed by atoms with Gasteiger partial charge in [-0.25, -0.2) is 9.78 Å². The molecule has 4 aromatic rings. The number of benzene rings is 2. The quantitative estimate of drug-likeness (QED) is 0.437. The van der Waals surface area contributed by atoms with Gasteiger partial charge in [0.25, 0.3) is 0 Å². The lowest BCUT2D eigenvalue weighted by Crippen LogP contribution is -2.29. The molecule has 2 aromatic carbocycles. The number of nitrogens with one attached hydrogen (secondary N) is 1. The minimum atomic E-state index is -0.306. The first kappa shape index (κ1) is 21.6. The smallest absolute Gasteiger partial charge is 0.329 e. The van der Waals surface area contributed by atoms with Gasteiger partial charge in [-0.2, -0.15) is 0 Å². The number of methoxy groups -OCH3 is 2. The minimum absolute atomic E-state index is 0.0820. The number of imidazole rings is 1. The number of aromatic nitrogens is 3. The number of hydrogen-bond acceptors (Lipinski definition) is 6. The number of amides is 1. The number of carbonyl (C=O) groups is 1. The fourth-order valence-electron chi connectivity index (χ4n) is 3.63. The second-order valence-electron chi connectivity index (χ2n) is 7.16. The van der Waals surface area contributed by atoms with Crippen LogP contribution < -0.4 is 20.5 Å². The Morgan fingerprint density at radius 2 is 1.78 bits per heavy atom. The molecule has 166 valence electrons. The first-order chi connectivity index (χ1) is 15.5. The summed E-state index contributed by atoms with van der Waals surface area (Å²) in [6, 6.07) is 13.0. The lowest BCUT2D eigenvalue weighted by atomic mass is 10.1. The molecule has 0 aliphatic heterocycles. The van der Waals surface area contributed by atoms with Crippen molar-refractivity contribution in [2.45, 2.75) is 26.4 Å². The standard InChI is InChI=1S/C23H24N4O4S/c1-4-11-26-17-7-5-6-8-18(17)27(23(26)29)13-21(28)25-22-24-16(14-32-22)15-9-10-19(30-2)20(12-15)31-3/h5-10,12,14H,4,11,13H2,1-3H3,(H,24,25,28). The number of rotatable bonds is 8. The molecule has 0 fully saturated rings. The first-order valence-electron chi connectivity index (χ1n) is 10.2. The summed E-state index contributed by atoms with van der Waals surface area (Å²) in [5, 5.41) is 5.13. The number of aryl methyl sites for hydroxylation is 1. The van der Waals surface area contributed by atoms with Crippen LogP contribution in [0.5, 0.6) is 11.5 Å². The normalized spacial score (nSPS) is 11.0. The number of para-hydroxylation sites is 2. The van der Waals surface area contributed by atoms with Crippen LogP contribution in [0.25, 0.3) is 22.3 Å². The number of ether oxygens (including phenoxy) is 2. The van der Waals surface area contributed by atoms with Gasteiger partial charge in [0.15, 0.2) is 16.6 Å². The zero-order chi connectivity index (χ0) is 22.7. The van der Waals surface area contributed by atoms with Gasteiger partial charge in [0.05, 0.1) is 30.9 Å². The second-order valence-corrected chi connectivity index (χ2v) is 8.02. The maximum Gasteiger partial charge on any atom is 0.329 e. The number of fused-ring (bicyclic) bond motifs is 1. The van der Waals surface area contributed by atoms with Gasteiger partial charge < -0.3 is 14.8 Å². The highest BCUT2D eigenvalue weighted by atomic mass is 32.1. The van der Waals surface area contributed by atoms with E-state index in [0.717, 1.165) is 23.0 Å². The van der Waals surface area contributed by atoms with Crippen molar-refractivity contribution in [2.75, 3.05) is 19.5 Å². The SMILES string of the molecule is CCCn1c(=O)n(CC(=O)Nc2nc(-c3ccc(OC)c(OC)c3)cs2)c2ccccc21. The van der Waals surface area contributed by atoms with Gasteiger partial charge in [-0.15, -0.1) is 11.3 Å². The molecule has 1 amide bonds. The average molecular weight is 453 g/mol. The molecule has 0 saturated heterocycles. The van der Waals surface area contributed by atoms with Crippen molar-refractivity contribution in [1.82, 2.24) is 14.1 Å². The lowest BCUT2D eigenvalue weighted by Gasteiger charge is -2.08. The predicted molar refractivity (Wildman–Crippen MR) is 126 cm³/mol. The fraction of sp³-hybridized carbons (Fsp3) is 0.261. The van der Waals surface area contributed by atoms with Crippen molar-refractivity contribution in [2.24, 2.45) is 0 Å². The fourth-order valence-corrected chi connectivity index (χ4v) is 4.36. The highest BCUT2D eigenvalue weighted by Crippen LogP contribution is 2.33. The number of thiazole rings is 1. The van der Waals surface area contributed by atoms with Gasteiger partial charge in [0.1, 0.15) is 6.54 Å². The molecule has 0 unspecified atom stereocenters. The molecule has 0 saturated carbocycles. The summed E-state index contributed by atoms with van der Waals surface area (Å²) >= 11 is 1.32. The molecular formula is C23H24N4O4S. The maximum absolute atomic E-state index is 12.9. The van der Waals surface area contributed by atoms with Crippen LogP contribution in [-0.2, 0) is 17.9 Å². The van der Waals surface area contributed by atoms with Crippen molar-refractivity contribution in [3.8, 4) is 22.8 Å². The summed E-state index contributed by atoms with van der Waals surface area (Å²) in [5.74, 6) is 0.929. The third-order valence-electron chi connectivity index (χ3n) is 5.10. The zero-order valence-corrected chi connectivity index (χ0v) is 18.9. The minimum Gasteiger partial charge on any atom is -0.493 e. The monoisotopic (exact) mass is 452 g/mol. The van der Waals surface area contributed by atoms with Crippen molar-refractivity contribution in [1.29, 1.82) is 0 Å². The molecule has 4 rings (SSSR count). The molecule has 2 heterocycles. The Bertz CT molecular complexity index is 1320. The Hall–Kier alpha value is -3.59. The van der Waals surface area contributed by atoms with Crippen LogP contribution in [0.4, 0.5) is 5.13 Å². The lowest BCUT2D eigenvalue weighted by molar-refractivity contribution is -0.116. The van der Waals surface area contributed by atoms with Gasteiger partial charge in [0, 0.05) is 17.5 Å². The molecule has 9 heteroatoms. The number of hydrogen-bond donors (Lipinski definition) is 1. The molecule has 0 aliphatic rings. The molecule has 0 spiro atoms. The van der Waals surface area contributed by atoms with Crippen molar-refractivity contribution >= 4 is 33.4 Å². The van der Waals surface area contributed by atoms with Gasteiger partial charge in [-0.1, -0.05) is 19.1 Å². The second kappa shape index (κ2) is 9.27. The number of nitrogens with zero attached hydrogens (tertiary/aromatic N) is 3. The summed E-state index contributed by atoms with van der Waals surface area (Å²) in [5.41, 5.74) is 2.94. The molecule has 2 aromatic heterocycles. The Morgan fingerprint density at radius 3 is 2.47 bits per heavy atom. The maximum atomic E-state index is 12.9. The van der Waals surface area contributed by atoms with Crippen molar-refractivity contribution < 1.29 is 14.3 Å². The summed E-state index contributed by atoms with van der Waals surface area (Å²) in [6.07, 6.45) is 0.831. The van der Waals surface area contributed by atoms with E-state index in [4.69, 9.17) is 9.47 Å². The van der Waals surface area contributed by atoms with Crippen molar-refractivity contribution in [3.05, 3.63) is 58.3 Å². The molecule has 32 heavy (non-hydrogen) atoms. The molecule has 0 bridgehead atoms. The highest BCUT2D eigenvalue weighted by molar-refractivity contribution is 7.14. The van der Waals surface area contributed by atoms with E-state index in [2.05, 4.69) is 10.3 Å². The Morgan fingerprint density at radius 1 is 1.06 bits per heavy atom. The number of carbonyl (C=O) groups excluding carboxylic acids is 1. The highest BCUT2D eigenvalue weighted by Gasteiger charge is 2.16. The van der Waals surface area contributed by atoms with Gasteiger partial charge in [-0.05, 0) is 36.8 Å². The summed E-state index contributed by atoms with van der Waals surface area (Å²) in [7, 11) is 3.16. The van der Waals surface area contributed by atoms with E-state index in [0.29, 0.717) is 28.9 Å². The van der Waals surface area contributed by atoms with E-state index < -0.39 is 0 Å². The Balaban J connectivity index is 1.54. The molecular weight excluding hydrogens is 428 g/mol. The van der Waals surface area contributed by atoms with Crippen LogP contribution in [0, 0.1) is 0 Å². The molecule has 1 N–H and O–H groups in total. The Kier molecular flexibility index (Phi) is 6.27. The molecule has 0 radical (unpaired) electrons. The van der Waals surface area contributed by atoms with E-state index in [1.807, 2.05) is 54.8 Å². The third kappa shape index (κ3) is 4.11. The number of anilines is 1. The average Bonchev–Trinajstić information content (AvgIpc) is 3.37. The van der Waals surface area contributed by atoms with E-state index in [1.54, 1.807) is 18.8 Å². The summed E-state index contributed by atoms with van der Waals surface area (Å²) in [4.78, 5) is 30.1. The summed E-state index contributed by atoms with van der Waals surface area (Å²) < 4.78 is 13.8. The van der Waals surface area contributed by atoms with Crippen LogP contribution in [0.15, 0.2) is 52.6 Å². The van der Waals surface area contributed by atoms with Crippen LogP contribution >= 0.6 is 11.3 Å². The van der Waals surface area contributed by atoms with Gasteiger partial charge in [-0.3, -0.25) is 13.9 Å². The predicted octanol–water partition coefficient (Wildman–Crippen LogP) is 3.99. The van der Waals surface area contributed by atoms with E-state index in [1.165, 1.54) is 15.9 Å². The van der Waals surface area contributed by atoms with Crippen LogP contribution in [-0.4, -0.2) is 34.2 Å². The molecule has 0 aliphatic carbocycles. The van der Waals surface area contributed by atoms with Crippen LogP contribution in [0.3, 0.4) is 0 Å². The van der Waals surface area contributed by atoms with Gasteiger partial charge >= 0.3 is 5.69 Å². The Labute approximate surface area is 189 Å². The summed E-state index contributed by atoms with van der Waals surface area (Å²) in [6.45, 7) is 2.54. The van der Waals surface area contributed by atoms with Crippen LogP contribution in [0.1, 0.15) is 13.3 Å². The third-order valence-corrected chi connectivity index (χ3v) is 5.86. The largest absolute Gasteiger partial charge is 0.493 e. The van der Waals surface area contributed by atoms with E-state index in [9.17, 15) is 9.59 Å².